The van der Waals surface area contributed by atoms with E-state index < -0.39 is 0 Å². The predicted octanol–water partition coefficient (Wildman–Crippen LogP) is 2.24. The number of aromatic nitrogens is 3. The highest BCUT2D eigenvalue weighted by molar-refractivity contribution is 5.26. The zero-order chi connectivity index (χ0) is 12.7. The molecule has 1 aromatic carbocycles. The number of nitrogens with one attached hydrogen (secondary N) is 1. The minimum absolute atomic E-state index is 0.191. The molecule has 2 aliphatic rings. The third-order valence-electron chi connectivity index (χ3n) is 4.35. The average Bonchev–Trinajstić information content (AvgIpc) is 2.82. The van der Waals surface area contributed by atoms with E-state index in [0.717, 1.165) is 18.9 Å². The minimum atomic E-state index is 0.191. The molecule has 2 aromatic rings. The van der Waals surface area contributed by atoms with Gasteiger partial charge >= 0.3 is 0 Å². The standard InChI is InChI=1S/C15H18N4/c1-2-5-11(6-3-1)13-15-18-17-14(12-7-4-8-12)19(15)10-9-16-13/h1-3,5-6,12-13,16H,4,7-10H2. The fourth-order valence-corrected chi connectivity index (χ4v) is 3.06. The van der Waals surface area contributed by atoms with Crippen LogP contribution in [-0.2, 0) is 6.54 Å². The molecule has 0 spiro atoms. The van der Waals surface area contributed by atoms with E-state index in [0.29, 0.717) is 5.92 Å². The molecule has 4 heteroatoms. The lowest BCUT2D eigenvalue weighted by Gasteiger charge is -2.29. The van der Waals surface area contributed by atoms with Crippen LogP contribution in [-0.4, -0.2) is 21.3 Å². The third kappa shape index (κ3) is 1.78. The Morgan fingerprint density at radius 3 is 2.58 bits per heavy atom. The maximum Gasteiger partial charge on any atom is 0.154 e. The fraction of sp³-hybridized carbons (Fsp3) is 0.467. The first-order valence-corrected chi connectivity index (χ1v) is 7.15. The monoisotopic (exact) mass is 254 g/mol. The van der Waals surface area contributed by atoms with E-state index in [1.54, 1.807) is 0 Å². The zero-order valence-corrected chi connectivity index (χ0v) is 10.9. The van der Waals surface area contributed by atoms with E-state index in [9.17, 15) is 0 Å². The van der Waals surface area contributed by atoms with Gasteiger partial charge in [0.25, 0.3) is 0 Å². The summed E-state index contributed by atoms with van der Waals surface area (Å²) in [5.74, 6) is 2.94. The number of fused-ring (bicyclic) bond motifs is 1. The smallest absolute Gasteiger partial charge is 0.154 e. The van der Waals surface area contributed by atoms with Crippen LogP contribution in [0.25, 0.3) is 0 Å². The van der Waals surface area contributed by atoms with Gasteiger partial charge in [-0.3, -0.25) is 0 Å². The van der Waals surface area contributed by atoms with Gasteiger partial charge in [-0.2, -0.15) is 0 Å². The van der Waals surface area contributed by atoms with Crippen molar-refractivity contribution in [1.82, 2.24) is 20.1 Å². The molecule has 1 saturated carbocycles. The van der Waals surface area contributed by atoms with Gasteiger partial charge < -0.3 is 9.88 Å². The topological polar surface area (TPSA) is 42.7 Å². The second-order valence-electron chi connectivity index (χ2n) is 5.49. The Labute approximate surface area is 112 Å². The lowest BCUT2D eigenvalue weighted by Crippen LogP contribution is -2.35. The molecule has 1 aromatic heterocycles. The molecule has 1 unspecified atom stereocenters. The van der Waals surface area contributed by atoms with E-state index in [-0.39, 0.29) is 6.04 Å². The molecule has 19 heavy (non-hydrogen) atoms. The molecule has 1 N–H and O–H groups in total. The van der Waals surface area contributed by atoms with Crippen molar-refractivity contribution in [3.63, 3.8) is 0 Å². The Bertz CT molecular complexity index is 571. The second kappa shape index (κ2) is 4.46. The van der Waals surface area contributed by atoms with Crippen molar-refractivity contribution in [3.8, 4) is 0 Å². The highest BCUT2D eigenvalue weighted by Gasteiger charge is 2.31. The van der Waals surface area contributed by atoms with E-state index in [2.05, 4.69) is 50.4 Å². The Hall–Kier alpha value is -1.68. The molecule has 0 bridgehead atoms. The van der Waals surface area contributed by atoms with Gasteiger partial charge in [0.05, 0.1) is 6.04 Å². The Kier molecular flexibility index (Phi) is 2.62. The fourth-order valence-electron chi connectivity index (χ4n) is 3.06. The summed E-state index contributed by atoms with van der Waals surface area (Å²) >= 11 is 0. The molecule has 0 saturated heterocycles. The highest BCUT2D eigenvalue weighted by atomic mass is 15.3. The molecule has 1 fully saturated rings. The van der Waals surface area contributed by atoms with Crippen LogP contribution in [0.5, 0.6) is 0 Å². The lowest BCUT2D eigenvalue weighted by atomic mass is 9.84. The highest BCUT2D eigenvalue weighted by Crippen LogP contribution is 2.37. The van der Waals surface area contributed by atoms with Crippen LogP contribution in [0.15, 0.2) is 30.3 Å². The molecule has 4 rings (SSSR count). The normalized spacial score (nSPS) is 22.8. The Morgan fingerprint density at radius 1 is 1.05 bits per heavy atom. The Morgan fingerprint density at radius 2 is 1.84 bits per heavy atom. The lowest BCUT2D eigenvalue weighted by molar-refractivity contribution is 0.369. The summed E-state index contributed by atoms with van der Waals surface area (Å²) in [6.45, 7) is 1.99. The number of benzene rings is 1. The summed E-state index contributed by atoms with van der Waals surface area (Å²) in [6.07, 6.45) is 3.90. The first-order chi connectivity index (χ1) is 9.43. The summed E-state index contributed by atoms with van der Waals surface area (Å²) in [6, 6.07) is 10.7. The number of nitrogens with zero attached hydrogens (tertiary/aromatic N) is 3. The van der Waals surface area contributed by atoms with Crippen molar-refractivity contribution in [2.45, 2.75) is 37.8 Å². The number of hydrogen-bond acceptors (Lipinski definition) is 3. The Balaban J connectivity index is 1.73. The predicted molar refractivity (Wildman–Crippen MR) is 72.9 cm³/mol. The van der Waals surface area contributed by atoms with Crippen LogP contribution in [0, 0.1) is 0 Å². The summed E-state index contributed by atoms with van der Waals surface area (Å²) < 4.78 is 2.35. The van der Waals surface area contributed by atoms with Crippen LogP contribution < -0.4 is 5.32 Å². The van der Waals surface area contributed by atoms with Crippen LogP contribution in [0.2, 0.25) is 0 Å². The van der Waals surface area contributed by atoms with Gasteiger partial charge in [0, 0.05) is 19.0 Å². The van der Waals surface area contributed by atoms with Gasteiger partial charge in [0.15, 0.2) is 5.82 Å². The van der Waals surface area contributed by atoms with Crippen molar-refractivity contribution >= 4 is 0 Å². The van der Waals surface area contributed by atoms with Crippen molar-refractivity contribution < 1.29 is 0 Å². The van der Waals surface area contributed by atoms with Crippen molar-refractivity contribution in [1.29, 1.82) is 0 Å². The van der Waals surface area contributed by atoms with Gasteiger partial charge in [-0.1, -0.05) is 36.8 Å². The van der Waals surface area contributed by atoms with Crippen LogP contribution >= 0.6 is 0 Å². The molecule has 1 aliphatic carbocycles. The van der Waals surface area contributed by atoms with Crippen LogP contribution in [0.4, 0.5) is 0 Å². The SMILES string of the molecule is c1ccc(C2NCCn3c(C4CCC4)nnc32)cc1. The van der Waals surface area contributed by atoms with Crippen LogP contribution in [0.3, 0.4) is 0 Å². The molecule has 4 nitrogen and oxygen atoms in total. The largest absolute Gasteiger partial charge is 0.312 e. The summed E-state index contributed by atoms with van der Waals surface area (Å²) in [5, 5.41) is 12.5. The molecule has 2 heterocycles. The first kappa shape index (κ1) is 11.2. The molecule has 0 radical (unpaired) electrons. The van der Waals surface area contributed by atoms with Gasteiger partial charge in [0.1, 0.15) is 5.82 Å². The number of rotatable bonds is 2. The molecule has 98 valence electrons. The first-order valence-electron chi connectivity index (χ1n) is 7.15. The molecular weight excluding hydrogens is 236 g/mol. The van der Waals surface area contributed by atoms with Crippen molar-refractivity contribution in [3.05, 3.63) is 47.5 Å². The van der Waals surface area contributed by atoms with E-state index in [1.807, 2.05) is 0 Å². The molecule has 0 amide bonds. The zero-order valence-electron chi connectivity index (χ0n) is 10.9. The van der Waals surface area contributed by atoms with Gasteiger partial charge in [-0.05, 0) is 18.4 Å². The number of hydrogen-bond donors (Lipinski definition) is 1. The van der Waals surface area contributed by atoms with E-state index in [1.165, 1.54) is 30.7 Å². The quantitative estimate of drug-likeness (QED) is 0.893. The van der Waals surface area contributed by atoms with Gasteiger partial charge in [-0.25, -0.2) is 0 Å². The van der Waals surface area contributed by atoms with E-state index in [4.69, 9.17) is 0 Å². The van der Waals surface area contributed by atoms with Gasteiger partial charge in [-0.15, -0.1) is 10.2 Å². The maximum absolute atomic E-state index is 4.47. The minimum Gasteiger partial charge on any atom is -0.312 e. The average molecular weight is 254 g/mol. The molecule has 1 aliphatic heterocycles. The third-order valence-corrected chi connectivity index (χ3v) is 4.35. The van der Waals surface area contributed by atoms with Gasteiger partial charge in [0.2, 0.25) is 0 Å². The van der Waals surface area contributed by atoms with Crippen molar-refractivity contribution in [2.75, 3.05) is 6.54 Å². The molecular formula is C15H18N4. The van der Waals surface area contributed by atoms with E-state index >= 15 is 0 Å². The van der Waals surface area contributed by atoms with Crippen LogP contribution in [0.1, 0.15) is 48.4 Å². The molecule has 1 atom stereocenters. The second-order valence-corrected chi connectivity index (χ2v) is 5.49. The van der Waals surface area contributed by atoms with Crippen molar-refractivity contribution in [2.24, 2.45) is 0 Å². The summed E-state index contributed by atoms with van der Waals surface area (Å²) in [7, 11) is 0. The summed E-state index contributed by atoms with van der Waals surface area (Å²) in [5.41, 5.74) is 1.27. The summed E-state index contributed by atoms with van der Waals surface area (Å²) in [4.78, 5) is 0. The maximum atomic E-state index is 4.47.